The standard InChI is InChI=1S/C26H30N6O2/c1-19-24(26(34)32(29(19)3)23-8-5-4-6-9-23)28-25(33)20(2)30-14-7-15-31(17-16-30)22-12-10-21(18-27)11-13-22/h4-6,8-13,20H,7,14-17H2,1-3H3,(H,28,33). The van der Waals surface area contributed by atoms with Crippen molar-refractivity contribution in [1.29, 1.82) is 5.26 Å². The molecule has 176 valence electrons. The van der Waals surface area contributed by atoms with Gasteiger partial charge in [0.05, 0.1) is 29.1 Å². The molecule has 1 aliphatic heterocycles. The number of carbonyl (C=O) groups is 1. The van der Waals surface area contributed by atoms with E-state index >= 15 is 0 Å². The van der Waals surface area contributed by atoms with Gasteiger partial charge >= 0.3 is 0 Å². The highest BCUT2D eigenvalue weighted by Crippen LogP contribution is 2.19. The summed E-state index contributed by atoms with van der Waals surface area (Å²) in [4.78, 5) is 30.7. The Labute approximate surface area is 199 Å². The van der Waals surface area contributed by atoms with Crippen molar-refractivity contribution in [3.63, 3.8) is 0 Å². The molecule has 0 bridgehead atoms. The zero-order valence-corrected chi connectivity index (χ0v) is 19.9. The summed E-state index contributed by atoms with van der Waals surface area (Å²) in [6.45, 7) is 6.92. The van der Waals surface area contributed by atoms with Crippen molar-refractivity contribution < 1.29 is 4.79 Å². The van der Waals surface area contributed by atoms with Gasteiger partial charge in [-0.1, -0.05) is 18.2 Å². The number of para-hydroxylation sites is 1. The molecule has 1 aliphatic rings. The second-order valence-electron chi connectivity index (χ2n) is 8.64. The van der Waals surface area contributed by atoms with Crippen LogP contribution in [0.25, 0.3) is 5.69 Å². The maximum absolute atomic E-state index is 13.2. The van der Waals surface area contributed by atoms with Crippen LogP contribution in [-0.4, -0.2) is 52.4 Å². The summed E-state index contributed by atoms with van der Waals surface area (Å²) in [6.07, 6.45) is 0.919. The first kappa shape index (κ1) is 23.3. The Hall–Kier alpha value is -3.83. The fraction of sp³-hybridized carbons (Fsp3) is 0.346. The van der Waals surface area contributed by atoms with E-state index in [1.54, 1.807) is 9.36 Å². The molecule has 8 heteroatoms. The van der Waals surface area contributed by atoms with E-state index < -0.39 is 0 Å². The van der Waals surface area contributed by atoms with E-state index in [2.05, 4.69) is 21.2 Å². The topological polar surface area (TPSA) is 86.3 Å². The van der Waals surface area contributed by atoms with Crippen molar-refractivity contribution in [2.24, 2.45) is 7.05 Å². The average molecular weight is 459 g/mol. The number of hydrogen-bond acceptors (Lipinski definition) is 5. The van der Waals surface area contributed by atoms with Gasteiger partial charge in [-0.15, -0.1) is 0 Å². The monoisotopic (exact) mass is 458 g/mol. The molecule has 3 aromatic rings. The highest BCUT2D eigenvalue weighted by molar-refractivity contribution is 5.95. The molecule has 1 N–H and O–H groups in total. The van der Waals surface area contributed by atoms with Gasteiger partial charge in [-0.05, 0) is 56.7 Å². The first-order valence-electron chi connectivity index (χ1n) is 11.5. The summed E-state index contributed by atoms with van der Waals surface area (Å²) in [6, 6.07) is 18.8. The maximum atomic E-state index is 13.2. The summed E-state index contributed by atoms with van der Waals surface area (Å²) in [5.41, 5.74) is 3.26. The number of anilines is 2. The van der Waals surface area contributed by atoms with E-state index in [4.69, 9.17) is 5.26 Å². The number of nitrogens with one attached hydrogen (secondary N) is 1. The zero-order chi connectivity index (χ0) is 24.2. The molecule has 34 heavy (non-hydrogen) atoms. The van der Waals surface area contributed by atoms with Crippen LogP contribution in [-0.2, 0) is 11.8 Å². The SMILES string of the molecule is Cc1c(NC(=O)C(C)N2CCCN(c3ccc(C#N)cc3)CC2)c(=O)n(-c2ccccc2)n1C. The summed E-state index contributed by atoms with van der Waals surface area (Å²) >= 11 is 0. The van der Waals surface area contributed by atoms with Gasteiger partial charge < -0.3 is 10.2 Å². The van der Waals surface area contributed by atoms with Crippen molar-refractivity contribution in [2.75, 3.05) is 36.4 Å². The van der Waals surface area contributed by atoms with Gasteiger partial charge in [0.15, 0.2) is 0 Å². The minimum Gasteiger partial charge on any atom is -0.370 e. The van der Waals surface area contributed by atoms with E-state index in [0.717, 1.165) is 44.0 Å². The molecule has 1 saturated heterocycles. The number of rotatable bonds is 5. The molecule has 1 atom stereocenters. The second kappa shape index (κ2) is 9.98. The second-order valence-corrected chi connectivity index (χ2v) is 8.64. The lowest BCUT2D eigenvalue weighted by Crippen LogP contribution is -2.44. The molecular weight excluding hydrogens is 428 g/mol. The third-order valence-electron chi connectivity index (χ3n) is 6.62. The van der Waals surface area contributed by atoms with Gasteiger partial charge in [0.2, 0.25) is 5.91 Å². The van der Waals surface area contributed by atoms with Crippen molar-refractivity contribution in [2.45, 2.75) is 26.3 Å². The Kier molecular flexibility index (Phi) is 6.85. The molecule has 1 amide bonds. The van der Waals surface area contributed by atoms with Crippen molar-refractivity contribution in [3.05, 3.63) is 76.2 Å². The summed E-state index contributed by atoms with van der Waals surface area (Å²) in [5.74, 6) is -0.183. The van der Waals surface area contributed by atoms with Gasteiger partial charge in [-0.3, -0.25) is 19.2 Å². The molecule has 1 aromatic heterocycles. The number of aromatic nitrogens is 2. The largest absolute Gasteiger partial charge is 0.370 e. The average Bonchev–Trinajstić information content (AvgIpc) is 3.03. The van der Waals surface area contributed by atoms with Gasteiger partial charge in [0.25, 0.3) is 5.56 Å². The third kappa shape index (κ3) is 4.61. The molecule has 2 aromatic carbocycles. The number of amides is 1. The quantitative estimate of drug-likeness (QED) is 0.635. The van der Waals surface area contributed by atoms with Gasteiger partial charge in [0, 0.05) is 38.9 Å². The van der Waals surface area contributed by atoms with E-state index in [0.29, 0.717) is 16.9 Å². The van der Waals surface area contributed by atoms with Crippen LogP contribution in [0.5, 0.6) is 0 Å². The normalized spacial score (nSPS) is 15.4. The van der Waals surface area contributed by atoms with Gasteiger partial charge in [-0.2, -0.15) is 5.26 Å². The lowest BCUT2D eigenvalue weighted by atomic mass is 10.2. The van der Waals surface area contributed by atoms with Crippen LogP contribution in [0.15, 0.2) is 59.4 Å². The fourth-order valence-corrected chi connectivity index (χ4v) is 4.44. The fourth-order valence-electron chi connectivity index (χ4n) is 4.44. The number of carbonyl (C=O) groups excluding carboxylic acids is 1. The predicted octanol–water partition coefficient (Wildman–Crippen LogP) is 2.90. The predicted molar refractivity (Wildman–Crippen MR) is 133 cm³/mol. The first-order valence-corrected chi connectivity index (χ1v) is 11.5. The van der Waals surface area contributed by atoms with Crippen LogP contribution in [0.4, 0.5) is 11.4 Å². The van der Waals surface area contributed by atoms with Crippen molar-refractivity contribution in [1.82, 2.24) is 14.3 Å². The van der Waals surface area contributed by atoms with Gasteiger partial charge in [-0.25, -0.2) is 4.68 Å². The lowest BCUT2D eigenvalue weighted by Gasteiger charge is -2.27. The Morgan fingerprint density at radius 3 is 2.38 bits per heavy atom. The molecule has 8 nitrogen and oxygen atoms in total. The van der Waals surface area contributed by atoms with E-state index in [1.807, 2.05) is 75.5 Å². The van der Waals surface area contributed by atoms with Crippen molar-refractivity contribution >= 4 is 17.3 Å². The maximum Gasteiger partial charge on any atom is 0.295 e. The minimum atomic E-state index is -0.370. The summed E-state index contributed by atoms with van der Waals surface area (Å²) in [5, 5.41) is 11.9. The molecule has 2 heterocycles. The molecule has 0 radical (unpaired) electrons. The van der Waals surface area contributed by atoms with Crippen LogP contribution in [0.1, 0.15) is 24.6 Å². The lowest BCUT2D eigenvalue weighted by molar-refractivity contribution is -0.120. The Bertz CT molecular complexity index is 1250. The van der Waals surface area contributed by atoms with Gasteiger partial charge in [0.1, 0.15) is 5.69 Å². The molecule has 1 unspecified atom stereocenters. The molecule has 4 rings (SSSR count). The van der Waals surface area contributed by atoms with E-state index in [1.165, 1.54) is 0 Å². The molecule has 1 fully saturated rings. The van der Waals surface area contributed by atoms with Crippen LogP contribution in [0.2, 0.25) is 0 Å². The third-order valence-corrected chi connectivity index (χ3v) is 6.62. The summed E-state index contributed by atoms with van der Waals surface area (Å²) < 4.78 is 3.33. The van der Waals surface area contributed by atoms with E-state index in [9.17, 15) is 9.59 Å². The number of benzene rings is 2. The van der Waals surface area contributed by atoms with Crippen LogP contribution in [0.3, 0.4) is 0 Å². The zero-order valence-electron chi connectivity index (χ0n) is 19.9. The Morgan fingerprint density at radius 1 is 1.00 bits per heavy atom. The molecule has 0 aliphatic carbocycles. The highest BCUT2D eigenvalue weighted by atomic mass is 16.2. The smallest absolute Gasteiger partial charge is 0.295 e. The molecule has 0 saturated carbocycles. The van der Waals surface area contributed by atoms with E-state index in [-0.39, 0.29) is 17.5 Å². The number of hydrogen-bond donors (Lipinski definition) is 1. The highest BCUT2D eigenvalue weighted by Gasteiger charge is 2.26. The summed E-state index contributed by atoms with van der Waals surface area (Å²) in [7, 11) is 1.81. The first-order chi connectivity index (χ1) is 16.4. The van der Waals surface area contributed by atoms with Crippen LogP contribution < -0.4 is 15.8 Å². The van der Waals surface area contributed by atoms with Crippen molar-refractivity contribution in [3.8, 4) is 11.8 Å². The Morgan fingerprint density at radius 2 is 1.71 bits per heavy atom. The molecule has 0 spiro atoms. The minimum absolute atomic E-state index is 0.183. The number of nitriles is 1. The Balaban J connectivity index is 1.45. The van der Waals surface area contributed by atoms with Crippen LogP contribution >= 0.6 is 0 Å². The molecular formula is C26H30N6O2. The van der Waals surface area contributed by atoms with Crippen LogP contribution in [0, 0.1) is 18.3 Å². The number of nitrogens with zero attached hydrogens (tertiary/aromatic N) is 5.